The fourth-order valence-electron chi connectivity index (χ4n) is 3.39. The summed E-state index contributed by atoms with van der Waals surface area (Å²) in [5, 5.41) is 0. The monoisotopic (exact) mass is 498 g/mol. The minimum Gasteiger partial charge on any atom is -1.00 e. The third kappa shape index (κ3) is 5.46. The molecule has 2 atom stereocenters. The van der Waals surface area contributed by atoms with Crippen LogP contribution in [-0.2, 0) is 26.3 Å². The van der Waals surface area contributed by atoms with E-state index in [9.17, 15) is 0 Å². The van der Waals surface area contributed by atoms with Crippen molar-refractivity contribution in [3.8, 4) is 0 Å². The number of nitrogens with zero attached hydrogens (tertiary/aromatic N) is 3. The van der Waals surface area contributed by atoms with Crippen LogP contribution >= 0.6 is 0 Å². The molecule has 1 radical (unpaired) electrons. The van der Waals surface area contributed by atoms with Gasteiger partial charge in [0.15, 0.2) is 0 Å². The maximum Gasteiger partial charge on any atom is 2.00 e. The maximum atomic E-state index is 6.05. The van der Waals surface area contributed by atoms with E-state index in [-0.39, 0.29) is 53.8 Å². The quantitative estimate of drug-likeness (QED) is 0.423. The van der Waals surface area contributed by atoms with Crippen LogP contribution in [0.1, 0.15) is 34.7 Å². The van der Waals surface area contributed by atoms with Gasteiger partial charge in [0.1, 0.15) is 23.6 Å². The first-order chi connectivity index (χ1) is 13.9. The molecule has 0 saturated carbocycles. The molecule has 2 aliphatic rings. The minimum absolute atomic E-state index is 0. The number of rotatable bonds is 4. The fraction of sp³-hybridized carbons (Fsp3) is 0.174. The normalized spacial score (nSPS) is 18.8. The second-order valence-electron chi connectivity index (χ2n) is 6.73. The second-order valence-corrected chi connectivity index (χ2v) is 6.73. The summed E-state index contributed by atoms with van der Waals surface area (Å²) in [7, 11) is 0. The Morgan fingerprint density at radius 2 is 1.00 bits per heavy atom. The van der Waals surface area contributed by atoms with Crippen molar-refractivity contribution in [1.82, 2.24) is 4.98 Å². The van der Waals surface area contributed by atoms with Crippen LogP contribution in [-0.4, -0.2) is 29.9 Å². The zero-order valence-corrected chi connectivity index (χ0v) is 18.9. The van der Waals surface area contributed by atoms with Gasteiger partial charge < -0.3 is 34.3 Å². The summed E-state index contributed by atoms with van der Waals surface area (Å²) in [6.07, 6.45) is -0.131. The molecule has 2 unspecified atom stereocenters. The Morgan fingerprint density at radius 1 is 0.581 bits per heavy atom. The number of pyridine rings is 1. The van der Waals surface area contributed by atoms with Crippen LogP contribution in [0.25, 0.3) is 0 Å². The molecule has 5 rings (SSSR count). The molecule has 0 amide bonds. The number of hydrogen-bond donors (Lipinski definition) is 0. The first kappa shape index (κ1) is 24.9. The van der Waals surface area contributed by atoms with Crippen LogP contribution < -0.4 is 24.8 Å². The molecule has 3 aromatic rings. The summed E-state index contributed by atoms with van der Waals surface area (Å²) < 4.78 is 12.1. The van der Waals surface area contributed by atoms with Crippen molar-refractivity contribution in [2.24, 2.45) is 9.98 Å². The Bertz CT molecular complexity index is 968. The molecule has 0 aliphatic carbocycles. The van der Waals surface area contributed by atoms with Gasteiger partial charge in [0.05, 0.1) is 13.1 Å². The number of halogens is 2. The van der Waals surface area contributed by atoms with Crippen LogP contribution in [0, 0.1) is 0 Å². The van der Waals surface area contributed by atoms with Gasteiger partial charge in [-0.25, -0.2) is 15.0 Å². The Morgan fingerprint density at radius 3 is 1.42 bits per heavy atom. The van der Waals surface area contributed by atoms with Crippen molar-refractivity contribution in [3.05, 3.63) is 101 Å². The topological polar surface area (TPSA) is 56.1 Å². The number of aromatic nitrogens is 1. The summed E-state index contributed by atoms with van der Waals surface area (Å²) in [5.41, 5.74) is 3.63. The van der Waals surface area contributed by atoms with Gasteiger partial charge in [-0.15, -0.1) is 0 Å². The van der Waals surface area contributed by atoms with E-state index in [0.29, 0.717) is 36.3 Å². The van der Waals surface area contributed by atoms with Crippen molar-refractivity contribution >= 4 is 11.8 Å². The molecule has 2 aromatic carbocycles. The fourth-order valence-corrected chi connectivity index (χ4v) is 3.39. The molecule has 0 bridgehead atoms. The summed E-state index contributed by atoms with van der Waals surface area (Å²) in [4.78, 5) is 13.8. The van der Waals surface area contributed by atoms with Gasteiger partial charge in [-0.1, -0.05) is 66.7 Å². The van der Waals surface area contributed by atoms with Crippen LogP contribution in [0.15, 0.2) is 88.8 Å². The van der Waals surface area contributed by atoms with E-state index < -0.39 is 0 Å². The minimum atomic E-state index is -0.0656. The third-order valence-electron chi connectivity index (χ3n) is 4.84. The number of aliphatic imine (C=N–C) groups is 2. The van der Waals surface area contributed by atoms with Crippen LogP contribution in [0.3, 0.4) is 0 Å². The van der Waals surface area contributed by atoms with Crippen LogP contribution in [0.2, 0.25) is 0 Å². The Kier molecular flexibility index (Phi) is 9.07. The van der Waals surface area contributed by atoms with Crippen molar-refractivity contribution in [3.63, 3.8) is 0 Å². The summed E-state index contributed by atoms with van der Waals surface area (Å²) >= 11 is 0. The van der Waals surface area contributed by atoms with Gasteiger partial charge in [0, 0.05) is 0 Å². The van der Waals surface area contributed by atoms with Crippen LogP contribution in [0.5, 0.6) is 0 Å². The molecule has 3 heterocycles. The average Bonchev–Trinajstić information content (AvgIpc) is 3.46. The van der Waals surface area contributed by atoms with E-state index in [4.69, 9.17) is 9.47 Å². The second kappa shape index (κ2) is 11.3. The van der Waals surface area contributed by atoms with E-state index in [1.165, 1.54) is 0 Å². The molecular weight excluding hydrogens is 480 g/mol. The molecule has 0 saturated heterocycles. The number of benzene rings is 2. The molecule has 1 aromatic heterocycles. The molecule has 8 heteroatoms. The van der Waals surface area contributed by atoms with Gasteiger partial charge >= 0.3 is 16.8 Å². The SMILES string of the molecule is [Cl-].[Cl-].[Co+2].c1ccc(C2CN=C(c3cccc(C4=NCC(c5ccccc5)O4)n3)O2)cc1. The summed E-state index contributed by atoms with van der Waals surface area (Å²) in [5.74, 6) is 1.13. The number of hydrogen-bond acceptors (Lipinski definition) is 5. The van der Waals surface area contributed by atoms with Gasteiger partial charge in [-0.2, -0.15) is 0 Å². The molecule has 31 heavy (non-hydrogen) atoms. The van der Waals surface area contributed by atoms with Gasteiger partial charge in [-0.05, 0) is 23.3 Å². The third-order valence-corrected chi connectivity index (χ3v) is 4.84. The first-order valence-electron chi connectivity index (χ1n) is 9.37. The average molecular weight is 499 g/mol. The molecule has 0 fully saturated rings. The Labute approximate surface area is 204 Å². The van der Waals surface area contributed by atoms with E-state index in [1.54, 1.807) is 0 Å². The smallest absolute Gasteiger partial charge is 1.00 e. The first-order valence-corrected chi connectivity index (χ1v) is 9.37. The van der Waals surface area contributed by atoms with Crippen molar-refractivity contribution < 1.29 is 51.1 Å². The number of ether oxygens (including phenoxy) is 2. The summed E-state index contributed by atoms with van der Waals surface area (Å²) in [6, 6.07) is 26.0. The molecule has 2 aliphatic heterocycles. The largest absolute Gasteiger partial charge is 2.00 e. The molecule has 0 spiro atoms. The van der Waals surface area contributed by atoms with E-state index >= 15 is 0 Å². The predicted molar refractivity (Wildman–Crippen MR) is 108 cm³/mol. The Hall–Kier alpha value is -2.38. The van der Waals surface area contributed by atoms with E-state index in [1.807, 2.05) is 54.6 Å². The maximum absolute atomic E-state index is 6.05. The zero-order chi connectivity index (χ0) is 18.8. The van der Waals surface area contributed by atoms with Crippen LogP contribution in [0.4, 0.5) is 0 Å². The molecular formula is C23H19Cl2CoN3O2. The zero-order valence-electron chi connectivity index (χ0n) is 16.3. The molecule has 0 N–H and O–H groups in total. The van der Waals surface area contributed by atoms with Gasteiger partial charge in [0.25, 0.3) is 0 Å². The summed E-state index contributed by atoms with van der Waals surface area (Å²) in [6.45, 7) is 1.19. The van der Waals surface area contributed by atoms with Crippen molar-refractivity contribution in [2.45, 2.75) is 12.2 Å². The van der Waals surface area contributed by atoms with Crippen molar-refractivity contribution in [2.75, 3.05) is 13.1 Å². The molecule has 5 nitrogen and oxygen atoms in total. The van der Waals surface area contributed by atoms with Gasteiger partial charge in [0.2, 0.25) is 11.8 Å². The standard InChI is InChI=1S/C23H19N3O2.2ClH.Co/c1-3-8-16(9-4-1)20-14-24-22(27-20)18-12-7-13-19(26-18)23-25-15-21(28-23)17-10-5-2-6-11-17;;;/h1-13,20-21H,14-15H2;2*1H;/q;;;+2/p-2. The molecule has 161 valence electrons. The van der Waals surface area contributed by atoms with E-state index in [2.05, 4.69) is 39.2 Å². The van der Waals surface area contributed by atoms with Gasteiger partial charge in [-0.3, -0.25) is 0 Å². The Balaban J connectivity index is 0.00000114. The van der Waals surface area contributed by atoms with Crippen molar-refractivity contribution in [1.29, 1.82) is 0 Å². The van der Waals surface area contributed by atoms with E-state index in [0.717, 1.165) is 11.1 Å². The predicted octanol–water partition coefficient (Wildman–Crippen LogP) is -1.88.